The van der Waals surface area contributed by atoms with Crippen LogP contribution in [-0.2, 0) is 26.5 Å². The van der Waals surface area contributed by atoms with Crippen molar-refractivity contribution in [3.63, 3.8) is 0 Å². The van der Waals surface area contributed by atoms with Crippen LogP contribution in [0.1, 0.15) is 55.6 Å². The van der Waals surface area contributed by atoms with Gasteiger partial charge in [-0.15, -0.1) is 0 Å². The molecule has 1 fully saturated rings. The first-order valence-electron chi connectivity index (χ1n) is 7.42. The maximum absolute atomic E-state index is 11.9. The van der Waals surface area contributed by atoms with E-state index in [0.29, 0.717) is 30.2 Å². The van der Waals surface area contributed by atoms with E-state index < -0.39 is 11.7 Å². The first kappa shape index (κ1) is 19.6. The van der Waals surface area contributed by atoms with Gasteiger partial charge in [0.05, 0.1) is 16.9 Å². The third kappa shape index (κ3) is 5.61. The molecule has 0 aromatic carbocycles. The fourth-order valence-electron chi connectivity index (χ4n) is 2.43. The van der Waals surface area contributed by atoms with E-state index in [4.69, 9.17) is 9.47 Å². The number of hydrogen-bond donors (Lipinski definition) is 1. The van der Waals surface area contributed by atoms with Crippen molar-refractivity contribution in [1.82, 2.24) is 4.98 Å². The molecule has 2 heterocycles. The summed E-state index contributed by atoms with van der Waals surface area (Å²) in [6.45, 7) is 6.68. The summed E-state index contributed by atoms with van der Waals surface area (Å²) < 4.78 is 10.6. The summed E-state index contributed by atoms with van der Waals surface area (Å²) in [7, 11) is 0. The van der Waals surface area contributed by atoms with Crippen molar-refractivity contribution in [3.05, 3.63) is 23.5 Å². The van der Waals surface area contributed by atoms with Crippen LogP contribution in [0.15, 0.2) is 12.3 Å². The summed E-state index contributed by atoms with van der Waals surface area (Å²) >= 11 is 0. The summed E-state index contributed by atoms with van der Waals surface area (Å²) in [6.07, 6.45) is 3.40. The van der Waals surface area contributed by atoms with E-state index in [2.05, 4.69) is 10.3 Å². The van der Waals surface area contributed by atoms with Gasteiger partial charge >= 0.3 is 6.09 Å². The number of anilines is 1. The van der Waals surface area contributed by atoms with Crippen LogP contribution in [0, 0.1) is 0 Å². The number of nitrogens with zero attached hydrogens (tertiary/aromatic N) is 1. The predicted octanol–water partition coefficient (Wildman–Crippen LogP) is 3.13. The van der Waals surface area contributed by atoms with E-state index >= 15 is 0 Å². The smallest absolute Gasteiger partial charge is 0.412 e. The van der Waals surface area contributed by atoms with Crippen molar-refractivity contribution in [1.29, 1.82) is 0 Å². The normalized spacial score (nSPS) is 15.4. The molecule has 1 amide bonds. The van der Waals surface area contributed by atoms with Crippen molar-refractivity contribution >= 4 is 18.1 Å². The number of pyridine rings is 1. The molecule has 1 saturated heterocycles. The largest absolute Gasteiger partial charge is 0.444 e. The van der Waals surface area contributed by atoms with Crippen LogP contribution in [0.25, 0.3) is 0 Å². The Balaban J connectivity index is 0.00000264. The molecule has 1 aliphatic rings. The molecule has 1 N–H and O–H groups in total. The van der Waals surface area contributed by atoms with Crippen molar-refractivity contribution in [2.75, 3.05) is 18.5 Å². The minimum Gasteiger partial charge on any atom is -0.444 e. The van der Waals surface area contributed by atoms with Gasteiger partial charge in [-0.3, -0.25) is 15.1 Å². The first-order chi connectivity index (χ1) is 10.4. The molecule has 6 nitrogen and oxygen atoms in total. The molecule has 127 valence electrons. The number of carbonyl (C=O) groups is 2. The summed E-state index contributed by atoms with van der Waals surface area (Å²) in [6, 6.07) is 1.61. The molecule has 1 aromatic heterocycles. The van der Waals surface area contributed by atoms with Crippen molar-refractivity contribution < 1.29 is 36.1 Å². The Hall–Kier alpha value is -1.43. The van der Waals surface area contributed by atoms with Gasteiger partial charge in [-0.1, -0.05) is 0 Å². The number of rotatable bonds is 3. The number of aromatic nitrogens is 1. The fourth-order valence-corrected chi connectivity index (χ4v) is 2.43. The standard InChI is InChI=1S/C16H22N2O4.Mn/c1-16(2,3)22-15(20)18-13-4-7-17-14(12(13)10-19)11-5-8-21-9-6-11;/h4,7,10-11H,5-6,8-9H2,1-3H3,(H,17,18,20);. The average molecular weight is 361 g/mol. The first-order valence-corrected chi connectivity index (χ1v) is 7.42. The second-order valence-corrected chi connectivity index (χ2v) is 6.29. The number of ether oxygens (including phenoxy) is 2. The Bertz CT molecular complexity index is 552. The van der Waals surface area contributed by atoms with E-state index in [0.717, 1.165) is 19.1 Å². The van der Waals surface area contributed by atoms with Crippen LogP contribution in [0.3, 0.4) is 0 Å². The summed E-state index contributed by atoms with van der Waals surface area (Å²) in [5, 5.41) is 2.63. The molecule has 0 spiro atoms. The molecule has 0 unspecified atom stereocenters. The quantitative estimate of drug-likeness (QED) is 0.661. The Kier molecular flexibility index (Phi) is 7.19. The van der Waals surface area contributed by atoms with Crippen molar-refractivity contribution in [2.24, 2.45) is 0 Å². The number of carbonyl (C=O) groups excluding carboxylic acids is 2. The van der Waals surface area contributed by atoms with Gasteiger partial charge in [-0.2, -0.15) is 0 Å². The van der Waals surface area contributed by atoms with Crippen LogP contribution in [0.5, 0.6) is 0 Å². The van der Waals surface area contributed by atoms with Gasteiger partial charge in [0.25, 0.3) is 0 Å². The van der Waals surface area contributed by atoms with Crippen LogP contribution in [-0.4, -0.2) is 36.2 Å². The molecule has 1 aliphatic heterocycles. The predicted molar refractivity (Wildman–Crippen MR) is 82.3 cm³/mol. The molecule has 2 rings (SSSR count). The molecular formula is C16H22MnN2O4. The van der Waals surface area contributed by atoms with Gasteiger partial charge in [-0.05, 0) is 39.7 Å². The molecule has 0 bridgehead atoms. The zero-order valence-electron chi connectivity index (χ0n) is 13.6. The Morgan fingerprint density at radius 3 is 2.61 bits per heavy atom. The summed E-state index contributed by atoms with van der Waals surface area (Å²) in [5.41, 5.74) is 0.968. The van der Waals surface area contributed by atoms with Gasteiger partial charge in [0, 0.05) is 42.4 Å². The van der Waals surface area contributed by atoms with Crippen LogP contribution >= 0.6 is 0 Å². The van der Waals surface area contributed by atoms with Gasteiger partial charge in [0.2, 0.25) is 0 Å². The Morgan fingerprint density at radius 2 is 2.04 bits per heavy atom. The molecule has 23 heavy (non-hydrogen) atoms. The Labute approximate surface area is 146 Å². The van der Waals surface area contributed by atoms with Crippen LogP contribution in [0.2, 0.25) is 0 Å². The number of aldehydes is 1. The van der Waals surface area contributed by atoms with E-state index in [9.17, 15) is 9.59 Å². The number of hydrogen-bond acceptors (Lipinski definition) is 5. The van der Waals surface area contributed by atoms with E-state index in [1.54, 1.807) is 33.0 Å². The SMILES string of the molecule is CC(C)(C)OC(=O)Nc1ccnc(C2CCOCC2)c1C=O.[Mn]. The molecule has 0 aliphatic carbocycles. The number of nitrogens with one attached hydrogen (secondary N) is 1. The van der Waals surface area contributed by atoms with Gasteiger partial charge in [0.15, 0.2) is 6.29 Å². The van der Waals surface area contributed by atoms with Gasteiger partial charge in [-0.25, -0.2) is 4.79 Å². The van der Waals surface area contributed by atoms with E-state index in [1.807, 2.05) is 0 Å². The monoisotopic (exact) mass is 361 g/mol. The third-order valence-electron chi connectivity index (χ3n) is 3.38. The van der Waals surface area contributed by atoms with E-state index in [1.165, 1.54) is 0 Å². The molecular weight excluding hydrogens is 339 g/mol. The average Bonchev–Trinajstić information content (AvgIpc) is 2.46. The molecule has 0 atom stereocenters. The van der Waals surface area contributed by atoms with Crippen molar-refractivity contribution in [2.45, 2.75) is 45.1 Å². The third-order valence-corrected chi connectivity index (χ3v) is 3.38. The van der Waals surface area contributed by atoms with E-state index in [-0.39, 0.29) is 23.0 Å². The second-order valence-electron chi connectivity index (χ2n) is 6.29. The second kappa shape index (κ2) is 8.43. The minimum atomic E-state index is -0.595. The Morgan fingerprint density at radius 1 is 1.39 bits per heavy atom. The molecule has 1 aromatic rings. The zero-order valence-corrected chi connectivity index (χ0v) is 14.8. The molecule has 1 radical (unpaired) electrons. The fraction of sp³-hybridized carbons (Fsp3) is 0.562. The topological polar surface area (TPSA) is 77.5 Å². The molecule has 7 heteroatoms. The summed E-state index contributed by atoms with van der Waals surface area (Å²) in [4.78, 5) is 27.7. The van der Waals surface area contributed by atoms with Crippen molar-refractivity contribution in [3.8, 4) is 0 Å². The molecule has 0 saturated carbocycles. The number of amides is 1. The zero-order chi connectivity index (χ0) is 16.2. The summed E-state index contributed by atoms with van der Waals surface area (Å²) in [5.74, 6) is 0.175. The maximum Gasteiger partial charge on any atom is 0.412 e. The minimum absolute atomic E-state index is 0. The maximum atomic E-state index is 11.9. The van der Waals surface area contributed by atoms with Gasteiger partial charge in [0.1, 0.15) is 5.60 Å². The van der Waals surface area contributed by atoms with Gasteiger partial charge < -0.3 is 9.47 Å². The van der Waals surface area contributed by atoms with Crippen LogP contribution < -0.4 is 5.32 Å². The van der Waals surface area contributed by atoms with Crippen LogP contribution in [0.4, 0.5) is 10.5 Å².